The van der Waals surface area contributed by atoms with Crippen LogP contribution in [0.2, 0.25) is 0 Å². The maximum atomic E-state index is 13.6. The zero-order valence-corrected chi connectivity index (χ0v) is 29.7. The van der Waals surface area contributed by atoms with Gasteiger partial charge in [-0.15, -0.1) is 0 Å². The van der Waals surface area contributed by atoms with Gasteiger partial charge in [-0.2, -0.15) is 24.9 Å². The molecule has 5 rings (SSSR count). The summed E-state index contributed by atoms with van der Waals surface area (Å²) < 4.78 is 44.9. The lowest BCUT2D eigenvalue weighted by molar-refractivity contribution is -0.154. The molecule has 1 atom stereocenters. The third-order valence-electron chi connectivity index (χ3n) is 8.18. The van der Waals surface area contributed by atoms with Crippen LogP contribution in [-0.2, 0) is 28.0 Å². The second-order valence-corrected chi connectivity index (χ2v) is 14.5. The second-order valence-electron chi connectivity index (χ2n) is 13.4. The van der Waals surface area contributed by atoms with Gasteiger partial charge in [-0.25, -0.2) is 0 Å². The standard InChI is InChI=1S/C39H43F3N4O4S/c1-38(2,3)50-35(47)15-19-51-25-27-9-6-10-28(20-27)37(49)45-33-13-12-31(46-17-4-5-18-46)23-32(33)34-22-29(14-16-43-34)36(48)44-24-26-8-7-11-30(21-26)39(40,41)42/h6-14,16,20-23,36,44,48H,4-5,15,17-19,24-25H2,1-3H3,(H,45,49). The molecule has 0 spiro atoms. The Morgan fingerprint density at radius 3 is 2.45 bits per heavy atom. The fourth-order valence-corrected chi connectivity index (χ4v) is 6.58. The van der Waals surface area contributed by atoms with E-state index in [9.17, 15) is 27.9 Å². The molecule has 3 aromatic carbocycles. The molecule has 1 amide bonds. The summed E-state index contributed by atoms with van der Waals surface area (Å²) in [6.07, 6.45) is -1.63. The van der Waals surface area contributed by atoms with Crippen molar-refractivity contribution in [2.45, 2.75) is 70.3 Å². The van der Waals surface area contributed by atoms with Crippen molar-refractivity contribution < 1.29 is 32.6 Å². The number of anilines is 2. The predicted molar refractivity (Wildman–Crippen MR) is 195 cm³/mol. The highest BCUT2D eigenvalue weighted by Crippen LogP contribution is 2.34. The van der Waals surface area contributed by atoms with E-state index in [0.29, 0.717) is 51.6 Å². The fourth-order valence-electron chi connectivity index (χ4n) is 5.71. The van der Waals surface area contributed by atoms with Gasteiger partial charge in [0.05, 0.1) is 23.4 Å². The molecule has 3 N–H and O–H groups in total. The maximum absolute atomic E-state index is 13.6. The molecule has 1 aliphatic rings. The number of esters is 1. The number of halogens is 3. The molecule has 0 radical (unpaired) electrons. The number of hydrogen-bond acceptors (Lipinski definition) is 8. The fraction of sp³-hybridized carbons (Fsp3) is 0.359. The summed E-state index contributed by atoms with van der Waals surface area (Å²) in [5.41, 5.74) is 3.69. The molecule has 270 valence electrons. The molecule has 1 saturated heterocycles. The monoisotopic (exact) mass is 720 g/mol. The minimum atomic E-state index is -4.46. The van der Waals surface area contributed by atoms with E-state index >= 15 is 0 Å². The number of pyridine rings is 1. The number of thioether (sulfide) groups is 1. The highest BCUT2D eigenvalue weighted by atomic mass is 32.2. The minimum absolute atomic E-state index is 0.00973. The quantitative estimate of drug-likeness (QED) is 0.0720. The van der Waals surface area contributed by atoms with Crippen LogP contribution in [0.25, 0.3) is 11.3 Å². The Labute approximate surface area is 300 Å². The first-order chi connectivity index (χ1) is 24.2. The van der Waals surface area contributed by atoms with E-state index in [4.69, 9.17) is 4.74 Å². The second kappa shape index (κ2) is 16.8. The first-order valence-corrected chi connectivity index (χ1v) is 18.0. The third kappa shape index (κ3) is 11.0. The van der Waals surface area contributed by atoms with Crippen LogP contribution in [0, 0.1) is 0 Å². The largest absolute Gasteiger partial charge is 0.460 e. The zero-order chi connectivity index (χ0) is 36.6. The van der Waals surface area contributed by atoms with Crippen molar-refractivity contribution in [3.63, 3.8) is 0 Å². The minimum Gasteiger partial charge on any atom is -0.460 e. The van der Waals surface area contributed by atoms with Gasteiger partial charge in [0.1, 0.15) is 11.8 Å². The van der Waals surface area contributed by atoms with E-state index in [1.165, 1.54) is 6.07 Å². The number of alkyl halides is 3. The molecule has 0 saturated carbocycles. The Bertz CT molecular complexity index is 1820. The Balaban J connectivity index is 1.30. The number of aromatic nitrogens is 1. The van der Waals surface area contributed by atoms with Gasteiger partial charge in [-0.1, -0.05) is 30.3 Å². The lowest BCUT2D eigenvalue weighted by Crippen LogP contribution is -2.24. The van der Waals surface area contributed by atoms with Crippen molar-refractivity contribution in [2.24, 2.45) is 0 Å². The van der Waals surface area contributed by atoms with Gasteiger partial charge in [0.2, 0.25) is 0 Å². The van der Waals surface area contributed by atoms with Crippen LogP contribution < -0.4 is 15.5 Å². The lowest BCUT2D eigenvalue weighted by atomic mass is 10.0. The van der Waals surface area contributed by atoms with Crippen LogP contribution in [-0.4, -0.2) is 46.4 Å². The van der Waals surface area contributed by atoms with E-state index in [0.717, 1.165) is 49.3 Å². The molecule has 1 aliphatic heterocycles. The smallest absolute Gasteiger partial charge is 0.416 e. The topological polar surface area (TPSA) is 104 Å². The maximum Gasteiger partial charge on any atom is 0.416 e. The number of amides is 1. The summed E-state index contributed by atoms with van der Waals surface area (Å²) in [5.74, 6) is 0.681. The summed E-state index contributed by atoms with van der Waals surface area (Å²) in [6, 6.07) is 21.4. The number of hydrogen-bond donors (Lipinski definition) is 3. The Morgan fingerprint density at radius 1 is 0.961 bits per heavy atom. The van der Waals surface area contributed by atoms with Crippen LogP contribution in [0.5, 0.6) is 0 Å². The van der Waals surface area contributed by atoms with Crippen molar-refractivity contribution in [3.8, 4) is 11.3 Å². The number of aliphatic hydroxyl groups excluding tert-OH is 1. The molecule has 8 nitrogen and oxygen atoms in total. The number of carbonyl (C=O) groups is 2. The lowest BCUT2D eigenvalue weighted by Gasteiger charge is -2.21. The predicted octanol–water partition coefficient (Wildman–Crippen LogP) is 8.37. The number of ether oxygens (including phenoxy) is 1. The van der Waals surface area contributed by atoms with E-state index < -0.39 is 23.6 Å². The first-order valence-electron chi connectivity index (χ1n) is 16.9. The third-order valence-corrected chi connectivity index (χ3v) is 9.21. The number of nitrogens with one attached hydrogen (secondary N) is 2. The number of carbonyl (C=O) groups excluding carboxylic acids is 2. The van der Waals surface area contributed by atoms with Crippen LogP contribution in [0.1, 0.15) is 78.9 Å². The van der Waals surface area contributed by atoms with E-state index in [-0.39, 0.29) is 18.4 Å². The molecule has 1 aromatic heterocycles. The number of benzene rings is 3. The van der Waals surface area contributed by atoms with Gasteiger partial charge >= 0.3 is 12.1 Å². The zero-order valence-electron chi connectivity index (χ0n) is 28.9. The van der Waals surface area contributed by atoms with E-state index in [1.54, 1.807) is 42.2 Å². The van der Waals surface area contributed by atoms with Crippen LogP contribution in [0.15, 0.2) is 85.1 Å². The Kier molecular flexibility index (Phi) is 12.4. The molecule has 1 unspecified atom stereocenters. The molecule has 2 heterocycles. The van der Waals surface area contributed by atoms with Crippen molar-refractivity contribution in [3.05, 3.63) is 113 Å². The molecule has 1 fully saturated rings. The molecule has 0 aliphatic carbocycles. The van der Waals surface area contributed by atoms with Gasteiger partial charge in [0.25, 0.3) is 5.91 Å². The summed E-state index contributed by atoms with van der Waals surface area (Å²) in [5, 5.41) is 16.9. The van der Waals surface area contributed by atoms with Crippen molar-refractivity contribution >= 4 is 35.0 Å². The highest BCUT2D eigenvalue weighted by Gasteiger charge is 2.30. The van der Waals surface area contributed by atoms with E-state index in [2.05, 4.69) is 20.5 Å². The molecular weight excluding hydrogens is 678 g/mol. The number of nitrogens with zero attached hydrogens (tertiary/aromatic N) is 2. The number of rotatable bonds is 13. The van der Waals surface area contributed by atoms with Gasteiger partial charge in [-0.3, -0.25) is 19.9 Å². The molecule has 51 heavy (non-hydrogen) atoms. The average molecular weight is 721 g/mol. The summed E-state index contributed by atoms with van der Waals surface area (Å²) >= 11 is 1.59. The summed E-state index contributed by atoms with van der Waals surface area (Å²) in [7, 11) is 0. The van der Waals surface area contributed by atoms with Crippen molar-refractivity contribution in [2.75, 3.05) is 29.1 Å². The summed E-state index contributed by atoms with van der Waals surface area (Å²) in [4.78, 5) is 32.5. The van der Waals surface area contributed by atoms with Gasteiger partial charge in [0.15, 0.2) is 0 Å². The molecule has 4 aromatic rings. The van der Waals surface area contributed by atoms with E-state index in [1.807, 2.05) is 57.2 Å². The molecule has 12 heteroatoms. The average Bonchev–Trinajstić information content (AvgIpc) is 3.64. The highest BCUT2D eigenvalue weighted by molar-refractivity contribution is 7.98. The first kappa shape index (κ1) is 37.9. The normalized spacial score (nSPS) is 14.0. The molecule has 0 bridgehead atoms. The van der Waals surface area contributed by atoms with Gasteiger partial charge in [-0.05, 0) is 98.8 Å². The SMILES string of the molecule is CC(C)(C)OC(=O)CCSCc1cccc(C(=O)Nc2ccc(N3CCCC3)cc2-c2cc(C(O)NCc3cccc(C(F)(F)F)c3)ccn2)c1. The Morgan fingerprint density at radius 2 is 1.71 bits per heavy atom. The van der Waals surface area contributed by atoms with Crippen LogP contribution >= 0.6 is 11.8 Å². The number of aliphatic hydroxyl groups is 1. The summed E-state index contributed by atoms with van der Waals surface area (Å²) in [6.45, 7) is 7.36. The van der Waals surface area contributed by atoms with Gasteiger partial charge < -0.3 is 20.1 Å². The van der Waals surface area contributed by atoms with Crippen molar-refractivity contribution in [1.82, 2.24) is 10.3 Å². The van der Waals surface area contributed by atoms with Crippen LogP contribution in [0.4, 0.5) is 24.5 Å². The van der Waals surface area contributed by atoms with Gasteiger partial charge in [0, 0.05) is 54.2 Å². The van der Waals surface area contributed by atoms with Crippen LogP contribution in [0.3, 0.4) is 0 Å². The van der Waals surface area contributed by atoms with Crippen molar-refractivity contribution in [1.29, 1.82) is 0 Å². The Hall–Kier alpha value is -4.39. The molecular formula is C39H43F3N4O4S.